The molecule has 1 unspecified atom stereocenters. The predicted molar refractivity (Wildman–Crippen MR) is 108 cm³/mol. The maximum atomic E-state index is 6.31. The van der Waals surface area contributed by atoms with Crippen LogP contribution in [0.3, 0.4) is 0 Å². The Labute approximate surface area is 166 Å². The molecule has 28 heavy (non-hydrogen) atoms. The molecule has 0 aliphatic carbocycles. The normalized spacial score (nSPS) is 12.4. The number of aromatic nitrogens is 7. The van der Waals surface area contributed by atoms with Gasteiger partial charge in [-0.1, -0.05) is 18.5 Å². The van der Waals surface area contributed by atoms with Crippen molar-refractivity contribution >= 4 is 29.4 Å². The molecule has 0 fully saturated rings. The summed E-state index contributed by atoms with van der Waals surface area (Å²) in [4.78, 5) is 17.4. The number of hydrogen-bond donors (Lipinski definition) is 1. The topological polar surface area (TPSA) is 98.8 Å². The summed E-state index contributed by atoms with van der Waals surface area (Å²) in [5.41, 5.74) is 3.12. The molecule has 0 aromatic carbocycles. The number of nitrogens with zero attached hydrogens (tertiary/aromatic N) is 7. The number of rotatable bonds is 6. The summed E-state index contributed by atoms with van der Waals surface area (Å²) in [6.07, 6.45) is 5.26. The smallest absolute Gasteiger partial charge is 0.233 e. The van der Waals surface area contributed by atoms with Gasteiger partial charge < -0.3 is 18.9 Å². The monoisotopic (exact) mass is 398 g/mol. The Morgan fingerprint density at radius 3 is 2.89 bits per heavy atom. The van der Waals surface area contributed by atoms with Gasteiger partial charge in [-0.05, 0) is 12.8 Å². The van der Waals surface area contributed by atoms with Crippen LogP contribution in [-0.4, -0.2) is 54.7 Å². The number of fused-ring (bicyclic) bond motifs is 1. The van der Waals surface area contributed by atoms with E-state index in [1.807, 2.05) is 35.4 Å². The number of aromatic amines is 1. The first kappa shape index (κ1) is 18.2. The minimum atomic E-state index is 0.0813. The van der Waals surface area contributed by atoms with Gasteiger partial charge in [-0.2, -0.15) is 5.10 Å². The molecule has 1 N–H and O–H groups in total. The lowest BCUT2D eigenvalue weighted by molar-refractivity contribution is 0.400. The highest BCUT2D eigenvalue weighted by Gasteiger charge is 2.24. The van der Waals surface area contributed by atoms with Crippen LogP contribution in [0.4, 0.5) is 0 Å². The molecular formula is C18H19ClN8O. The average Bonchev–Trinajstić information content (AvgIpc) is 3.41. The van der Waals surface area contributed by atoms with E-state index in [1.165, 1.54) is 7.11 Å². The SMILES string of the molecule is C=NCC(C)c1nc(-c2c(-n3ccnc3)c3nc(OC)c(Cl)cc3n2C)n[nH]1. The molecule has 0 saturated heterocycles. The minimum absolute atomic E-state index is 0.0813. The number of imidazole rings is 1. The van der Waals surface area contributed by atoms with Crippen LogP contribution in [0.1, 0.15) is 18.7 Å². The molecule has 0 bridgehead atoms. The number of ether oxygens (including phenoxy) is 1. The van der Waals surface area contributed by atoms with Crippen molar-refractivity contribution in [1.82, 2.24) is 34.3 Å². The summed E-state index contributed by atoms with van der Waals surface area (Å²) < 4.78 is 9.15. The maximum Gasteiger partial charge on any atom is 0.233 e. The van der Waals surface area contributed by atoms with Crippen molar-refractivity contribution in [3.05, 3.63) is 35.6 Å². The van der Waals surface area contributed by atoms with Crippen LogP contribution in [-0.2, 0) is 7.05 Å². The molecule has 10 heteroatoms. The van der Waals surface area contributed by atoms with Crippen LogP contribution in [0.15, 0.2) is 29.8 Å². The number of aryl methyl sites for hydroxylation is 1. The van der Waals surface area contributed by atoms with E-state index >= 15 is 0 Å². The lowest BCUT2D eigenvalue weighted by Crippen LogP contribution is -2.01. The second-order valence-corrected chi connectivity index (χ2v) is 6.83. The third-order valence-electron chi connectivity index (χ3n) is 4.61. The molecule has 4 aromatic rings. The molecule has 0 radical (unpaired) electrons. The fraction of sp³-hybridized carbons (Fsp3) is 0.278. The Kier molecular flexibility index (Phi) is 4.60. The van der Waals surface area contributed by atoms with Crippen molar-refractivity contribution in [3.63, 3.8) is 0 Å². The average molecular weight is 399 g/mol. The van der Waals surface area contributed by atoms with E-state index in [2.05, 4.69) is 36.9 Å². The van der Waals surface area contributed by atoms with Gasteiger partial charge in [-0.3, -0.25) is 5.10 Å². The van der Waals surface area contributed by atoms with E-state index in [1.54, 1.807) is 12.5 Å². The van der Waals surface area contributed by atoms with E-state index < -0.39 is 0 Å². The third kappa shape index (κ3) is 2.84. The highest BCUT2D eigenvalue weighted by Crippen LogP contribution is 2.37. The van der Waals surface area contributed by atoms with E-state index in [0.717, 1.165) is 22.7 Å². The molecule has 9 nitrogen and oxygen atoms in total. The Hall–Kier alpha value is -3.20. The van der Waals surface area contributed by atoms with Gasteiger partial charge in [0, 0.05) is 31.9 Å². The molecule has 144 valence electrons. The zero-order valence-corrected chi connectivity index (χ0v) is 16.5. The van der Waals surface area contributed by atoms with E-state index in [9.17, 15) is 0 Å². The van der Waals surface area contributed by atoms with Crippen LogP contribution < -0.4 is 4.74 Å². The number of methoxy groups -OCH3 is 1. The first-order valence-corrected chi connectivity index (χ1v) is 8.99. The largest absolute Gasteiger partial charge is 0.480 e. The molecule has 0 amide bonds. The van der Waals surface area contributed by atoms with Crippen molar-refractivity contribution in [2.45, 2.75) is 12.8 Å². The zero-order valence-electron chi connectivity index (χ0n) is 15.7. The van der Waals surface area contributed by atoms with E-state index in [0.29, 0.717) is 28.8 Å². The third-order valence-corrected chi connectivity index (χ3v) is 4.88. The number of hydrogen-bond acceptors (Lipinski definition) is 6. The van der Waals surface area contributed by atoms with Gasteiger partial charge in [0.2, 0.25) is 5.88 Å². The molecule has 0 spiro atoms. The van der Waals surface area contributed by atoms with Crippen molar-refractivity contribution in [1.29, 1.82) is 0 Å². The van der Waals surface area contributed by atoms with Gasteiger partial charge in [0.1, 0.15) is 27.7 Å². The first-order valence-electron chi connectivity index (χ1n) is 8.61. The number of halogens is 1. The lowest BCUT2D eigenvalue weighted by atomic mass is 10.2. The standard InChI is InChI=1S/C18H19ClN8O/c1-10(8-20-2)16-23-17(25-24-16)15-14(27-6-5-21-9-27)13-12(26(15)3)7-11(19)18(22-13)28-4/h5-7,9-10H,2,8H2,1,3-4H3,(H,23,24,25). The van der Waals surface area contributed by atoms with Gasteiger partial charge in [-0.25, -0.2) is 15.0 Å². The van der Waals surface area contributed by atoms with Gasteiger partial charge >= 0.3 is 0 Å². The Balaban J connectivity index is 1.99. The zero-order chi connectivity index (χ0) is 19.8. The molecule has 4 heterocycles. The highest BCUT2D eigenvalue weighted by molar-refractivity contribution is 6.32. The fourth-order valence-electron chi connectivity index (χ4n) is 3.20. The number of nitrogens with one attached hydrogen (secondary N) is 1. The van der Waals surface area contributed by atoms with Crippen molar-refractivity contribution in [2.24, 2.45) is 12.0 Å². The molecule has 4 rings (SSSR count). The van der Waals surface area contributed by atoms with Gasteiger partial charge in [0.25, 0.3) is 0 Å². The van der Waals surface area contributed by atoms with Crippen LogP contribution >= 0.6 is 11.6 Å². The van der Waals surface area contributed by atoms with Crippen molar-refractivity contribution in [3.8, 4) is 23.1 Å². The fourth-order valence-corrected chi connectivity index (χ4v) is 3.42. The molecule has 1 atom stereocenters. The summed E-state index contributed by atoms with van der Waals surface area (Å²) >= 11 is 6.31. The van der Waals surface area contributed by atoms with E-state index in [4.69, 9.17) is 16.3 Å². The Morgan fingerprint density at radius 1 is 1.39 bits per heavy atom. The molecular weight excluding hydrogens is 380 g/mol. The second kappa shape index (κ2) is 7.08. The minimum Gasteiger partial charge on any atom is -0.480 e. The number of pyridine rings is 1. The van der Waals surface area contributed by atoms with Crippen molar-refractivity contribution in [2.75, 3.05) is 13.7 Å². The summed E-state index contributed by atoms with van der Waals surface area (Å²) in [6.45, 7) is 6.13. The van der Waals surface area contributed by atoms with Crippen LogP contribution in [0.5, 0.6) is 5.88 Å². The molecule has 0 aliphatic heterocycles. The van der Waals surface area contributed by atoms with Gasteiger partial charge in [0.15, 0.2) is 5.82 Å². The van der Waals surface area contributed by atoms with Crippen LogP contribution in [0.2, 0.25) is 5.02 Å². The Bertz CT molecular complexity index is 1140. The second-order valence-electron chi connectivity index (χ2n) is 6.42. The highest BCUT2D eigenvalue weighted by atomic mass is 35.5. The maximum absolute atomic E-state index is 6.31. The van der Waals surface area contributed by atoms with Crippen LogP contribution in [0.25, 0.3) is 28.2 Å². The van der Waals surface area contributed by atoms with Gasteiger partial charge in [0.05, 0.1) is 19.0 Å². The molecule has 0 saturated carbocycles. The quantitative estimate of drug-likeness (QED) is 0.503. The van der Waals surface area contributed by atoms with Crippen molar-refractivity contribution < 1.29 is 4.74 Å². The lowest BCUT2D eigenvalue weighted by Gasteiger charge is -2.05. The van der Waals surface area contributed by atoms with Gasteiger partial charge in [-0.15, -0.1) is 0 Å². The summed E-state index contributed by atoms with van der Waals surface area (Å²) in [7, 11) is 3.46. The summed E-state index contributed by atoms with van der Waals surface area (Å²) in [5.74, 6) is 1.73. The van der Waals surface area contributed by atoms with Crippen LogP contribution in [0, 0.1) is 0 Å². The molecule has 4 aromatic heterocycles. The summed E-state index contributed by atoms with van der Waals surface area (Å²) in [6, 6.07) is 1.82. The first-order chi connectivity index (χ1) is 13.5. The van der Waals surface area contributed by atoms with E-state index in [-0.39, 0.29) is 5.92 Å². The Morgan fingerprint density at radius 2 is 2.21 bits per heavy atom. The predicted octanol–water partition coefficient (Wildman–Crippen LogP) is 3.01. The summed E-state index contributed by atoms with van der Waals surface area (Å²) in [5, 5.41) is 7.88. The number of H-pyrrole nitrogens is 1. The number of aliphatic imine (C=N–C) groups is 1. The molecule has 0 aliphatic rings.